The molecule has 1 unspecified atom stereocenters. The van der Waals surface area contributed by atoms with Crippen molar-refractivity contribution in [2.75, 3.05) is 6.54 Å². The van der Waals surface area contributed by atoms with E-state index in [1.165, 1.54) is 18.3 Å². The predicted molar refractivity (Wildman–Crippen MR) is 88.5 cm³/mol. The van der Waals surface area contributed by atoms with Crippen LogP contribution < -0.4 is 5.32 Å². The Bertz CT molecular complexity index is 739. The third-order valence-electron chi connectivity index (χ3n) is 3.98. The molecule has 1 atom stereocenters. The number of likely N-dealkylation sites (tertiary alicyclic amines) is 1. The van der Waals surface area contributed by atoms with Crippen molar-refractivity contribution in [3.63, 3.8) is 0 Å². The first kappa shape index (κ1) is 16.6. The van der Waals surface area contributed by atoms with E-state index >= 15 is 0 Å². The molecule has 0 spiro atoms. The quantitative estimate of drug-likeness (QED) is 0.896. The van der Waals surface area contributed by atoms with E-state index in [4.69, 9.17) is 4.52 Å². The van der Waals surface area contributed by atoms with Gasteiger partial charge in [-0.15, -0.1) is 11.3 Å². The van der Waals surface area contributed by atoms with Crippen LogP contribution in [-0.2, 0) is 17.8 Å². The highest BCUT2D eigenvalue weighted by atomic mass is 32.1. The lowest BCUT2D eigenvalue weighted by Gasteiger charge is -2.21. The van der Waals surface area contributed by atoms with Crippen molar-refractivity contribution in [2.24, 2.45) is 0 Å². The van der Waals surface area contributed by atoms with Gasteiger partial charge in [-0.2, -0.15) is 4.98 Å². The van der Waals surface area contributed by atoms with Gasteiger partial charge in [-0.3, -0.25) is 9.59 Å². The maximum atomic E-state index is 12.8. The lowest BCUT2D eigenvalue weighted by molar-refractivity contribution is -0.119. The van der Waals surface area contributed by atoms with Gasteiger partial charge in [0.15, 0.2) is 5.82 Å². The molecule has 0 aliphatic carbocycles. The van der Waals surface area contributed by atoms with Crippen molar-refractivity contribution in [3.8, 4) is 0 Å². The first-order valence-corrected chi connectivity index (χ1v) is 8.86. The minimum absolute atomic E-state index is 0.0144. The molecular formula is C16H20N4O3S. The van der Waals surface area contributed by atoms with Gasteiger partial charge in [0.2, 0.25) is 11.8 Å². The monoisotopic (exact) mass is 348 g/mol. The van der Waals surface area contributed by atoms with E-state index in [9.17, 15) is 9.59 Å². The smallest absolute Gasteiger partial charge is 0.264 e. The number of amides is 2. The van der Waals surface area contributed by atoms with E-state index in [0.717, 1.165) is 17.7 Å². The zero-order valence-electron chi connectivity index (χ0n) is 13.7. The summed E-state index contributed by atoms with van der Waals surface area (Å²) in [5, 5.41) is 6.77. The Kier molecular flexibility index (Phi) is 4.94. The largest absolute Gasteiger partial charge is 0.351 e. The molecule has 2 amide bonds. The average molecular weight is 348 g/mol. The number of thiophene rings is 1. The molecule has 128 valence electrons. The standard InChI is InChI=1S/C16H20N4O3S/c1-3-14-18-15(19-23-14)12-5-4-8-20(12)16(22)13-7-6-11(24-13)9-17-10(2)21/h6-7,12H,3-5,8-9H2,1-2H3,(H,17,21). The van der Waals surface area contributed by atoms with Crippen LogP contribution in [0, 0.1) is 0 Å². The van der Waals surface area contributed by atoms with Gasteiger partial charge in [-0.05, 0) is 25.0 Å². The fraction of sp³-hybridized carbons (Fsp3) is 0.500. The van der Waals surface area contributed by atoms with Crippen LogP contribution in [0.1, 0.15) is 59.0 Å². The highest BCUT2D eigenvalue weighted by molar-refractivity contribution is 7.14. The second kappa shape index (κ2) is 7.12. The van der Waals surface area contributed by atoms with E-state index in [-0.39, 0.29) is 17.9 Å². The second-order valence-corrected chi connectivity index (χ2v) is 6.90. The van der Waals surface area contributed by atoms with Gasteiger partial charge in [-0.25, -0.2) is 0 Å². The van der Waals surface area contributed by atoms with Gasteiger partial charge in [0.05, 0.1) is 17.5 Å². The van der Waals surface area contributed by atoms with Crippen LogP contribution in [0.2, 0.25) is 0 Å². The van der Waals surface area contributed by atoms with Crippen LogP contribution in [0.4, 0.5) is 0 Å². The fourth-order valence-corrected chi connectivity index (χ4v) is 3.67. The topological polar surface area (TPSA) is 88.3 Å². The molecule has 0 aromatic carbocycles. The summed E-state index contributed by atoms with van der Waals surface area (Å²) in [6, 6.07) is 3.57. The number of nitrogens with zero attached hydrogens (tertiary/aromatic N) is 3. The number of carbonyl (C=O) groups excluding carboxylic acids is 2. The summed E-state index contributed by atoms with van der Waals surface area (Å²) in [4.78, 5) is 31.6. The molecule has 2 aromatic heterocycles. The highest BCUT2D eigenvalue weighted by Crippen LogP contribution is 2.32. The number of hydrogen-bond donors (Lipinski definition) is 1. The van der Waals surface area contributed by atoms with Gasteiger partial charge in [-0.1, -0.05) is 12.1 Å². The van der Waals surface area contributed by atoms with Crippen LogP contribution in [0.5, 0.6) is 0 Å². The molecule has 8 heteroatoms. The normalized spacial score (nSPS) is 17.2. The molecule has 3 rings (SSSR count). The van der Waals surface area contributed by atoms with Crippen molar-refractivity contribution in [2.45, 2.75) is 45.7 Å². The van der Waals surface area contributed by atoms with Crippen LogP contribution in [-0.4, -0.2) is 33.4 Å². The first-order chi connectivity index (χ1) is 11.6. The Hall–Kier alpha value is -2.22. The van der Waals surface area contributed by atoms with Gasteiger partial charge < -0.3 is 14.7 Å². The van der Waals surface area contributed by atoms with E-state index in [1.54, 1.807) is 0 Å². The third-order valence-corrected chi connectivity index (χ3v) is 5.06. The summed E-state index contributed by atoms with van der Waals surface area (Å²) in [5.74, 6) is 1.09. The summed E-state index contributed by atoms with van der Waals surface area (Å²) in [5.41, 5.74) is 0. The summed E-state index contributed by atoms with van der Waals surface area (Å²) in [6.07, 6.45) is 2.46. The van der Waals surface area contributed by atoms with Crippen molar-refractivity contribution >= 4 is 23.2 Å². The van der Waals surface area contributed by atoms with Crippen LogP contribution in [0.25, 0.3) is 0 Å². The van der Waals surface area contributed by atoms with E-state index < -0.39 is 0 Å². The molecule has 1 N–H and O–H groups in total. The van der Waals surface area contributed by atoms with Gasteiger partial charge in [0, 0.05) is 24.8 Å². The second-order valence-electron chi connectivity index (χ2n) is 5.73. The molecule has 1 saturated heterocycles. The Morgan fingerprint density at radius 3 is 3.00 bits per heavy atom. The average Bonchev–Trinajstić information content (AvgIpc) is 3.30. The zero-order valence-corrected chi connectivity index (χ0v) is 14.6. The summed E-state index contributed by atoms with van der Waals surface area (Å²) >= 11 is 1.41. The molecule has 7 nitrogen and oxygen atoms in total. The van der Waals surface area contributed by atoms with Crippen LogP contribution in [0.3, 0.4) is 0 Å². The maximum Gasteiger partial charge on any atom is 0.264 e. The highest BCUT2D eigenvalue weighted by Gasteiger charge is 2.34. The molecule has 1 fully saturated rings. The maximum absolute atomic E-state index is 12.8. The Morgan fingerprint density at radius 2 is 2.29 bits per heavy atom. The minimum Gasteiger partial charge on any atom is -0.351 e. The van der Waals surface area contributed by atoms with Crippen molar-refractivity contribution in [3.05, 3.63) is 33.6 Å². The minimum atomic E-state index is -0.123. The lowest BCUT2D eigenvalue weighted by Crippen LogP contribution is -2.30. The fourth-order valence-electron chi connectivity index (χ4n) is 2.77. The Morgan fingerprint density at radius 1 is 1.46 bits per heavy atom. The molecule has 0 saturated carbocycles. The predicted octanol–water partition coefficient (Wildman–Crippen LogP) is 2.31. The Balaban J connectivity index is 1.72. The third kappa shape index (κ3) is 3.48. The molecular weight excluding hydrogens is 328 g/mol. The van der Waals surface area contributed by atoms with Crippen molar-refractivity contribution < 1.29 is 14.1 Å². The summed E-state index contributed by atoms with van der Waals surface area (Å²) in [7, 11) is 0. The van der Waals surface area contributed by atoms with Gasteiger partial charge in [0.1, 0.15) is 0 Å². The number of nitrogens with one attached hydrogen (secondary N) is 1. The van der Waals surface area contributed by atoms with Gasteiger partial charge in [0.25, 0.3) is 5.91 Å². The number of carbonyl (C=O) groups is 2. The summed E-state index contributed by atoms with van der Waals surface area (Å²) < 4.78 is 5.18. The summed E-state index contributed by atoms with van der Waals surface area (Å²) in [6.45, 7) is 4.57. The molecule has 3 heterocycles. The first-order valence-electron chi connectivity index (χ1n) is 8.05. The number of rotatable bonds is 5. The SMILES string of the molecule is CCc1nc(C2CCCN2C(=O)c2ccc(CNC(C)=O)s2)no1. The van der Waals surface area contributed by atoms with E-state index in [1.807, 2.05) is 24.0 Å². The molecule has 24 heavy (non-hydrogen) atoms. The molecule has 0 radical (unpaired) electrons. The Labute approximate surface area is 144 Å². The zero-order chi connectivity index (χ0) is 17.1. The lowest BCUT2D eigenvalue weighted by atomic mass is 10.2. The number of aryl methyl sites for hydroxylation is 1. The number of aromatic nitrogens is 2. The van der Waals surface area contributed by atoms with Crippen LogP contribution >= 0.6 is 11.3 Å². The molecule has 1 aliphatic heterocycles. The molecule has 2 aromatic rings. The van der Waals surface area contributed by atoms with Crippen LogP contribution in [0.15, 0.2) is 16.7 Å². The van der Waals surface area contributed by atoms with Gasteiger partial charge >= 0.3 is 0 Å². The molecule has 1 aliphatic rings. The van der Waals surface area contributed by atoms with E-state index in [0.29, 0.717) is 36.1 Å². The van der Waals surface area contributed by atoms with Crippen molar-refractivity contribution in [1.29, 1.82) is 0 Å². The van der Waals surface area contributed by atoms with E-state index in [2.05, 4.69) is 15.5 Å². The molecule has 0 bridgehead atoms. The number of hydrogen-bond acceptors (Lipinski definition) is 6. The van der Waals surface area contributed by atoms with Crippen molar-refractivity contribution in [1.82, 2.24) is 20.4 Å².